The summed E-state index contributed by atoms with van der Waals surface area (Å²) in [4.78, 5) is 6.43. The van der Waals surface area contributed by atoms with Gasteiger partial charge in [0.25, 0.3) is 0 Å². The Bertz CT molecular complexity index is 780. The Morgan fingerprint density at radius 2 is 1.92 bits per heavy atom. The van der Waals surface area contributed by atoms with E-state index in [1.165, 1.54) is 20.0 Å². The van der Waals surface area contributed by atoms with Gasteiger partial charge in [-0.1, -0.05) is 0 Å². The third kappa shape index (κ3) is 3.83. The molecule has 0 aliphatic carbocycles. The average molecular weight is 339 g/mol. The van der Waals surface area contributed by atoms with Gasteiger partial charge in [0, 0.05) is 24.4 Å². The smallest absolute Gasteiger partial charge is 0.235 e. The van der Waals surface area contributed by atoms with Gasteiger partial charge in [0.2, 0.25) is 5.88 Å². The quantitative estimate of drug-likeness (QED) is 0.804. The summed E-state index contributed by atoms with van der Waals surface area (Å²) in [5.74, 6) is 2.17. The number of hydrogen-bond acceptors (Lipinski definition) is 6. The van der Waals surface area contributed by atoms with Gasteiger partial charge in [0.15, 0.2) is 11.3 Å². The van der Waals surface area contributed by atoms with Gasteiger partial charge in [-0.15, -0.1) is 0 Å². The van der Waals surface area contributed by atoms with E-state index in [1.54, 1.807) is 19.4 Å². The van der Waals surface area contributed by atoms with Crippen molar-refractivity contribution in [2.45, 2.75) is 19.4 Å². The van der Waals surface area contributed by atoms with E-state index < -0.39 is 0 Å². The minimum Gasteiger partial charge on any atom is -0.496 e. The highest BCUT2D eigenvalue weighted by atomic mass is 16.5. The topological polar surface area (TPSA) is 67.6 Å². The van der Waals surface area contributed by atoms with Crippen LogP contribution in [0.2, 0.25) is 0 Å². The van der Waals surface area contributed by atoms with Gasteiger partial charge in [-0.05, 0) is 44.1 Å². The van der Waals surface area contributed by atoms with Crippen molar-refractivity contribution in [2.75, 3.05) is 27.3 Å². The van der Waals surface area contributed by atoms with E-state index in [0.717, 1.165) is 30.9 Å². The number of rotatable bonds is 6. The van der Waals surface area contributed by atoms with Crippen molar-refractivity contribution in [1.82, 2.24) is 9.88 Å². The summed E-state index contributed by atoms with van der Waals surface area (Å²) in [5.41, 5.74) is 1.35. The van der Waals surface area contributed by atoms with Crippen LogP contribution in [0.25, 0.3) is 0 Å². The fourth-order valence-corrected chi connectivity index (χ4v) is 3.02. The number of hydrogen-bond donors (Lipinski definition) is 0. The van der Waals surface area contributed by atoms with Crippen LogP contribution in [0.3, 0.4) is 0 Å². The molecule has 1 fully saturated rings. The number of likely N-dealkylation sites (tertiary alicyclic amines) is 1. The summed E-state index contributed by atoms with van der Waals surface area (Å²) in [5, 5.41) is 9.36. The molecule has 2 heterocycles. The molecule has 0 radical (unpaired) electrons. The van der Waals surface area contributed by atoms with Gasteiger partial charge < -0.3 is 14.2 Å². The van der Waals surface area contributed by atoms with Crippen molar-refractivity contribution in [3.63, 3.8) is 0 Å². The van der Waals surface area contributed by atoms with E-state index in [1.807, 2.05) is 18.2 Å². The molecule has 25 heavy (non-hydrogen) atoms. The molecule has 6 nitrogen and oxygen atoms in total. The molecular formula is C19H21N3O3. The Morgan fingerprint density at radius 1 is 1.12 bits per heavy atom. The van der Waals surface area contributed by atoms with Gasteiger partial charge in [-0.25, -0.2) is 4.98 Å². The third-order valence-corrected chi connectivity index (χ3v) is 4.26. The summed E-state index contributed by atoms with van der Waals surface area (Å²) in [7, 11) is 3.15. The van der Waals surface area contributed by atoms with Crippen molar-refractivity contribution in [2.24, 2.45) is 0 Å². The zero-order valence-corrected chi connectivity index (χ0v) is 14.5. The second-order valence-corrected chi connectivity index (χ2v) is 5.86. The van der Waals surface area contributed by atoms with Gasteiger partial charge in [0.1, 0.15) is 17.6 Å². The highest BCUT2D eigenvalue weighted by Crippen LogP contribution is 2.32. The summed E-state index contributed by atoms with van der Waals surface area (Å²) in [6, 6.07) is 9.44. The Hall–Kier alpha value is -2.78. The maximum Gasteiger partial charge on any atom is 0.235 e. The molecule has 130 valence electrons. The molecule has 0 saturated carbocycles. The van der Waals surface area contributed by atoms with Gasteiger partial charge in [0.05, 0.1) is 14.2 Å². The number of pyridine rings is 1. The van der Waals surface area contributed by atoms with Crippen LogP contribution in [0.4, 0.5) is 0 Å². The molecule has 0 unspecified atom stereocenters. The first-order valence-electron chi connectivity index (χ1n) is 8.25. The van der Waals surface area contributed by atoms with Crippen LogP contribution in [0.15, 0.2) is 30.5 Å². The largest absolute Gasteiger partial charge is 0.496 e. The summed E-state index contributed by atoms with van der Waals surface area (Å²) < 4.78 is 16.5. The van der Waals surface area contributed by atoms with Crippen LogP contribution in [0.1, 0.15) is 24.0 Å². The summed E-state index contributed by atoms with van der Waals surface area (Å²) in [6.07, 6.45) is 4.03. The van der Waals surface area contributed by atoms with E-state index in [0.29, 0.717) is 11.5 Å². The molecule has 0 N–H and O–H groups in total. The lowest BCUT2D eigenvalue weighted by Crippen LogP contribution is -2.18. The molecule has 1 saturated heterocycles. The fourth-order valence-electron chi connectivity index (χ4n) is 3.02. The van der Waals surface area contributed by atoms with Crippen LogP contribution in [-0.2, 0) is 6.54 Å². The van der Waals surface area contributed by atoms with Crippen LogP contribution in [0.5, 0.6) is 23.1 Å². The third-order valence-electron chi connectivity index (χ3n) is 4.26. The first-order chi connectivity index (χ1) is 12.2. The van der Waals surface area contributed by atoms with E-state index in [9.17, 15) is 5.26 Å². The van der Waals surface area contributed by atoms with E-state index >= 15 is 0 Å². The standard InChI is InChI=1S/C19H21N3O3/c1-23-17-6-5-15(11-14(17)13-22-9-3-4-10-22)25-18-7-8-21-19(24-2)16(18)12-20/h5-8,11H,3-4,9-10,13H2,1-2H3. The highest BCUT2D eigenvalue weighted by molar-refractivity contribution is 5.51. The van der Waals surface area contributed by atoms with E-state index in [-0.39, 0.29) is 11.4 Å². The maximum absolute atomic E-state index is 9.36. The van der Waals surface area contributed by atoms with Crippen molar-refractivity contribution >= 4 is 0 Å². The Kier molecular flexibility index (Phi) is 5.36. The molecule has 1 aliphatic heterocycles. The van der Waals surface area contributed by atoms with Crippen LogP contribution >= 0.6 is 0 Å². The molecule has 0 bridgehead atoms. The number of nitriles is 1. The molecule has 6 heteroatoms. The minimum atomic E-state index is 0.255. The highest BCUT2D eigenvalue weighted by Gasteiger charge is 2.16. The molecule has 0 atom stereocenters. The lowest BCUT2D eigenvalue weighted by Gasteiger charge is -2.18. The number of nitrogens with zero attached hydrogens (tertiary/aromatic N) is 3. The zero-order chi connectivity index (χ0) is 17.6. The molecule has 0 spiro atoms. The lowest BCUT2D eigenvalue weighted by molar-refractivity contribution is 0.320. The second-order valence-electron chi connectivity index (χ2n) is 5.86. The summed E-state index contributed by atoms with van der Waals surface area (Å²) >= 11 is 0. The van der Waals surface area contributed by atoms with Crippen LogP contribution in [0, 0.1) is 11.3 Å². The average Bonchev–Trinajstić information content (AvgIpc) is 3.15. The first-order valence-corrected chi connectivity index (χ1v) is 8.25. The molecule has 1 aromatic heterocycles. The fraction of sp³-hybridized carbons (Fsp3) is 0.368. The Morgan fingerprint density at radius 3 is 2.60 bits per heavy atom. The van der Waals surface area contributed by atoms with E-state index in [2.05, 4.69) is 16.0 Å². The number of methoxy groups -OCH3 is 2. The molecular weight excluding hydrogens is 318 g/mol. The van der Waals surface area contributed by atoms with Crippen molar-refractivity contribution in [1.29, 1.82) is 5.26 Å². The SMILES string of the molecule is COc1ccc(Oc2ccnc(OC)c2C#N)cc1CN1CCCC1. The normalized spacial score (nSPS) is 14.1. The molecule has 3 rings (SSSR count). The van der Waals surface area contributed by atoms with Gasteiger partial charge >= 0.3 is 0 Å². The molecule has 0 amide bonds. The Labute approximate surface area is 147 Å². The Balaban J connectivity index is 1.87. The zero-order valence-electron chi connectivity index (χ0n) is 14.5. The lowest BCUT2D eigenvalue weighted by atomic mass is 10.1. The molecule has 1 aromatic carbocycles. The maximum atomic E-state index is 9.36. The van der Waals surface area contributed by atoms with Crippen LogP contribution < -0.4 is 14.2 Å². The molecule has 1 aliphatic rings. The van der Waals surface area contributed by atoms with E-state index in [4.69, 9.17) is 14.2 Å². The second kappa shape index (κ2) is 7.86. The molecule has 2 aromatic rings. The van der Waals surface area contributed by atoms with Gasteiger partial charge in [-0.3, -0.25) is 4.90 Å². The summed E-state index contributed by atoms with van der Waals surface area (Å²) in [6.45, 7) is 3.04. The van der Waals surface area contributed by atoms with Crippen molar-refractivity contribution < 1.29 is 14.2 Å². The van der Waals surface area contributed by atoms with Gasteiger partial charge in [-0.2, -0.15) is 5.26 Å². The van der Waals surface area contributed by atoms with Crippen molar-refractivity contribution in [3.8, 4) is 29.2 Å². The van der Waals surface area contributed by atoms with Crippen molar-refractivity contribution in [3.05, 3.63) is 41.6 Å². The van der Waals surface area contributed by atoms with Crippen LogP contribution in [-0.4, -0.2) is 37.2 Å². The number of ether oxygens (including phenoxy) is 3. The predicted molar refractivity (Wildman–Crippen MR) is 93.1 cm³/mol. The number of aromatic nitrogens is 1. The number of benzene rings is 1. The minimum absolute atomic E-state index is 0.255. The first kappa shape index (κ1) is 17.1. The predicted octanol–water partition coefficient (Wildman–Crippen LogP) is 3.36. The monoisotopic (exact) mass is 339 g/mol.